The van der Waals surface area contributed by atoms with Crippen LogP contribution >= 0.6 is 0 Å². The molecule has 2 aromatic carbocycles. The van der Waals surface area contributed by atoms with Crippen LogP contribution in [0.2, 0.25) is 0 Å². The maximum Gasteiger partial charge on any atom is 0.426 e. The highest BCUT2D eigenvalue weighted by Crippen LogP contribution is 2.18. The van der Waals surface area contributed by atoms with Crippen molar-refractivity contribution in [3.8, 4) is 0 Å². The molecule has 1 amide bonds. The summed E-state index contributed by atoms with van der Waals surface area (Å²) in [7, 11) is 0. The molecule has 3 rings (SSSR count). The number of hydrogen-bond donors (Lipinski definition) is 3. The number of aromatic nitrogens is 1. The minimum atomic E-state index is -0.926. The summed E-state index contributed by atoms with van der Waals surface area (Å²) in [6.07, 6.45) is 1.88. The van der Waals surface area contributed by atoms with Gasteiger partial charge >= 0.3 is 6.09 Å². The van der Waals surface area contributed by atoms with Crippen molar-refractivity contribution in [2.24, 2.45) is 5.84 Å². The molecule has 0 aliphatic rings. The van der Waals surface area contributed by atoms with Crippen LogP contribution < -0.4 is 5.84 Å². The molecule has 0 spiro atoms. The molecule has 0 aliphatic carbocycles. The van der Waals surface area contributed by atoms with E-state index in [0.29, 0.717) is 24.8 Å². The van der Waals surface area contributed by atoms with Gasteiger partial charge in [-0.05, 0) is 43.4 Å². The zero-order chi connectivity index (χ0) is 25.8. The fourth-order valence-corrected chi connectivity index (χ4v) is 3.83. The molecule has 3 aromatic rings. The Morgan fingerprint density at radius 1 is 1.00 bits per heavy atom. The van der Waals surface area contributed by atoms with Crippen LogP contribution in [0, 0.1) is 0 Å². The monoisotopic (exact) mass is 493 g/mol. The average Bonchev–Trinajstić information content (AvgIpc) is 2.91. The Morgan fingerprint density at radius 3 is 2.28 bits per heavy atom. The van der Waals surface area contributed by atoms with Crippen LogP contribution in [0.25, 0.3) is 0 Å². The van der Waals surface area contributed by atoms with Gasteiger partial charge in [0.1, 0.15) is 6.10 Å². The minimum Gasteiger partial charge on any atom is -0.419 e. The van der Waals surface area contributed by atoms with Gasteiger partial charge in [-0.1, -0.05) is 66.7 Å². The molecular weight excluding hydrogens is 458 g/mol. The van der Waals surface area contributed by atoms with Crippen molar-refractivity contribution < 1.29 is 24.5 Å². The fraction of sp³-hybridized carbons (Fsp3) is 0.357. The predicted octanol–water partition coefficient (Wildman–Crippen LogP) is 3.79. The summed E-state index contributed by atoms with van der Waals surface area (Å²) < 4.78 is 11.4. The van der Waals surface area contributed by atoms with Gasteiger partial charge in [0.15, 0.2) is 0 Å². The van der Waals surface area contributed by atoms with Crippen LogP contribution in [0.4, 0.5) is 4.79 Å². The van der Waals surface area contributed by atoms with E-state index in [1.807, 2.05) is 60.7 Å². The number of hydrazine groups is 1. The maximum atomic E-state index is 13.0. The number of rotatable bonds is 13. The second kappa shape index (κ2) is 14.3. The van der Waals surface area contributed by atoms with Gasteiger partial charge in [-0.15, -0.1) is 0 Å². The number of aliphatic hydroxyl groups excluding tert-OH is 2. The number of benzene rings is 2. The lowest BCUT2D eigenvalue weighted by Crippen LogP contribution is -2.52. The second-order valence-corrected chi connectivity index (χ2v) is 8.73. The third-order valence-corrected chi connectivity index (χ3v) is 5.90. The van der Waals surface area contributed by atoms with Gasteiger partial charge in [-0.3, -0.25) is 4.98 Å². The molecule has 1 aromatic heterocycles. The van der Waals surface area contributed by atoms with Crippen molar-refractivity contribution in [3.63, 3.8) is 0 Å². The van der Waals surface area contributed by atoms with E-state index in [1.165, 1.54) is 0 Å². The summed E-state index contributed by atoms with van der Waals surface area (Å²) in [5.41, 5.74) is 2.70. The topological polar surface area (TPSA) is 118 Å². The first kappa shape index (κ1) is 27.3. The largest absolute Gasteiger partial charge is 0.426 e. The SMILES string of the molecule is CC(O)C(Cc1ccccc1)N(N)C(=O)OC(CCCc1ccccc1)OCC(O)c1cccnc1. The number of carbonyl (C=O) groups excluding carboxylic acids is 1. The molecule has 8 nitrogen and oxygen atoms in total. The van der Waals surface area contributed by atoms with E-state index in [0.717, 1.165) is 22.6 Å². The van der Waals surface area contributed by atoms with Crippen LogP contribution in [-0.4, -0.2) is 51.3 Å². The molecule has 4 atom stereocenters. The Bertz CT molecular complexity index is 1020. The molecule has 1 heterocycles. The Morgan fingerprint density at radius 2 is 1.67 bits per heavy atom. The van der Waals surface area contributed by atoms with Gasteiger partial charge in [-0.25, -0.2) is 15.6 Å². The maximum absolute atomic E-state index is 13.0. The molecule has 4 unspecified atom stereocenters. The summed E-state index contributed by atoms with van der Waals surface area (Å²) in [6.45, 7) is 1.50. The zero-order valence-electron chi connectivity index (χ0n) is 20.5. The number of aliphatic hydroxyl groups is 2. The number of ether oxygens (including phenoxy) is 2. The number of nitrogens with two attached hydrogens (primary N) is 1. The van der Waals surface area contributed by atoms with Crippen molar-refractivity contribution in [2.75, 3.05) is 6.61 Å². The lowest BCUT2D eigenvalue weighted by molar-refractivity contribution is -0.137. The van der Waals surface area contributed by atoms with Gasteiger partial charge < -0.3 is 19.7 Å². The van der Waals surface area contributed by atoms with E-state index in [9.17, 15) is 15.0 Å². The highest BCUT2D eigenvalue weighted by Gasteiger charge is 2.29. The van der Waals surface area contributed by atoms with E-state index >= 15 is 0 Å². The number of amides is 1. The number of aryl methyl sites for hydroxylation is 1. The zero-order valence-corrected chi connectivity index (χ0v) is 20.5. The molecule has 4 N–H and O–H groups in total. The van der Waals surface area contributed by atoms with Crippen molar-refractivity contribution in [2.45, 2.75) is 57.1 Å². The standard InChI is InChI=1S/C28H35N3O5/c1-21(32)25(18-23-12-6-3-7-13-23)31(29)28(34)36-27(16-8-14-22-10-4-2-5-11-22)35-20-26(33)24-15-9-17-30-19-24/h2-7,9-13,15,17,19,21,25-27,32-33H,8,14,16,18,20,29H2,1H3. The summed E-state index contributed by atoms with van der Waals surface area (Å²) in [5, 5.41) is 21.7. The van der Waals surface area contributed by atoms with Crippen molar-refractivity contribution >= 4 is 6.09 Å². The number of hydrogen-bond acceptors (Lipinski definition) is 7. The lowest BCUT2D eigenvalue weighted by atomic mass is 10.0. The van der Waals surface area contributed by atoms with Gasteiger partial charge in [0.2, 0.25) is 6.29 Å². The summed E-state index contributed by atoms with van der Waals surface area (Å²) >= 11 is 0. The first-order valence-electron chi connectivity index (χ1n) is 12.1. The second-order valence-electron chi connectivity index (χ2n) is 8.73. The minimum absolute atomic E-state index is 0.0800. The molecule has 0 saturated heterocycles. The van der Waals surface area contributed by atoms with Crippen molar-refractivity contribution in [3.05, 3.63) is 102 Å². The molecule has 36 heavy (non-hydrogen) atoms. The lowest BCUT2D eigenvalue weighted by Gasteiger charge is -2.30. The van der Waals surface area contributed by atoms with Crippen LogP contribution in [0.5, 0.6) is 0 Å². The number of carbonyl (C=O) groups is 1. The predicted molar refractivity (Wildman–Crippen MR) is 136 cm³/mol. The highest BCUT2D eigenvalue weighted by atomic mass is 16.7. The van der Waals surface area contributed by atoms with Crippen LogP contribution in [0.15, 0.2) is 85.2 Å². The number of pyridine rings is 1. The summed E-state index contributed by atoms with van der Waals surface area (Å²) in [4.78, 5) is 17.0. The smallest absolute Gasteiger partial charge is 0.419 e. The molecule has 0 aliphatic heterocycles. The highest BCUT2D eigenvalue weighted by molar-refractivity contribution is 5.67. The first-order chi connectivity index (χ1) is 17.4. The Labute approximate surface area is 212 Å². The fourth-order valence-electron chi connectivity index (χ4n) is 3.83. The Balaban J connectivity index is 1.63. The van der Waals surface area contributed by atoms with Gasteiger partial charge in [-0.2, -0.15) is 0 Å². The van der Waals surface area contributed by atoms with E-state index in [-0.39, 0.29) is 6.61 Å². The van der Waals surface area contributed by atoms with E-state index in [4.69, 9.17) is 15.3 Å². The summed E-state index contributed by atoms with van der Waals surface area (Å²) in [5.74, 6) is 6.11. The van der Waals surface area contributed by atoms with E-state index < -0.39 is 30.6 Å². The summed E-state index contributed by atoms with van der Waals surface area (Å²) in [6, 6.07) is 22.2. The van der Waals surface area contributed by atoms with Crippen LogP contribution in [-0.2, 0) is 22.3 Å². The molecule has 192 valence electrons. The molecule has 0 fully saturated rings. The third-order valence-electron chi connectivity index (χ3n) is 5.90. The first-order valence-corrected chi connectivity index (χ1v) is 12.1. The average molecular weight is 494 g/mol. The van der Waals surface area contributed by atoms with Gasteiger partial charge in [0, 0.05) is 24.4 Å². The molecule has 0 bridgehead atoms. The normalized spacial score (nSPS) is 14.4. The molecule has 8 heteroatoms. The van der Waals surface area contributed by atoms with Crippen molar-refractivity contribution in [1.82, 2.24) is 9.99 Å². The van der Waals surface area contributed by atoms with Crippen LogP contribution in [0.1, 0.15) is 42.6 Å². The van der Waals surface area contributed by atoms with Crippen LogP contribution in [0.3, 0.4) is 0 Å². The molecule has 0 radical (unpaired) electrons. The molecular formula is C28H35N3O5. The van der Waals surface area contributed by atoms with Crippen molar-refractivity contribution in [1.29, 1.82) is 0 Å². The number of nitrogens with zero attached hydrogens (tertiary/aromatic N) is 2. The quantitative estimate of drug-likeness (QED) is 0.143. The Kier molecular flexibility index (Phi) is 10.8. The van der Waals surface area contributed by atoms with Gasteiger partial charge in [0.25, 0.3) is 0 Å². The molecule has 0 saturated carbocycles. The Hall–Kier alpha value is -3.30. The van der Waals surface area contributed by atoms with E-state index in [1.54, 1.807) is 31.5 Å². The van der Waals surface area contributed by atoms with Gasteiger partial charge in [0.05, 0.1) is 18.8 Å². The van der Waals surface area contributed by atoms with E-state index in [2.05, 4.69) is 4.98 Å². The third kappa shape index (κ3) is 8.73.